The van der Waals surface area contributed by atoms with Gasteiger partial charge in [-0.05, 0) is 31.9 Å². The van der Waals surface area contributed by atoms with E-state index in [1.807, 2.05) is 30.9 Å². The monoisotopic (exact) mass is 263 g/mol. The van der Waals surface area contributed by atoms with Crippen LogP contribution in [0.25, 0.3) is 0 Å². The van der Waals surface area contributed by atoms with E-state index in [1.165, 1.54) is 0 Å². The number of nitrogens with zero attached hydrogens (tertiary/aromatic N) is 2. The maximum absolute atomic E-state index is 12.4. The molecule has 0 aliphatic rings. The predicted octanol–water partition coefficient (Wildman–Crippen LogP) is 2.34. The van der Waals surface area contributed by atoms with Crippen LogP contribution < -0.4 is 5.73 Å². The molecule has 0 aliphatic carbocycles. The predicted molar refractivity (Wildman–Crippen MR) is 77.4 cm³/mol. The van der Waals surface area contributed by atoms with Crippen LogP contribution in [0, 0.1) is 0 Å². The van der Waals surface area contributed by atoms with E-state index in [0.717, 1.165) is 24.8 Å². The Kier molecular flexibility index (Phi) is 6.50. The molecule has 0 spiro atoms. The van der Waals surface area contributed by atoms with Crippen LogP contribution in [-0.4, -0.2) is 27.9 Å². The van der Waals surface area contributed by atoms with Gasteiger partial charge in [0.2, 0.25) is 5.91 Å². The maximum atomic E-state index is 12.4. The smallest absolute Gasteiger partial charge is 0.240 e. The van der Waals surface area contributed by atoms with Crippen LogP contribution in [0.3, 0.4) is 0 Å². The topological polar surface area (TPSA) is 59.2 Å². The lowest BCUT2D eigenvalue weighted by Crippen LogP contribution is -2.46. The minimum absolute atomic E-state index is 0.0345. The lowest BCUT2D eigenvalue weighted by Gasteiger charge is -2.29. The Morgan fingerprint density at radius 3 is 2.74 bits per heavy atom. The van der Waals surface area contributed by atoms with Crippen molar-refractivity contribution in [2.24, 2.45) is 5.73 Å². The van der Waals surface area contributed by atoms with Crippen molar-refractivity contribution in [2.75, 3.05) is 0 Å². The standard InChI is InChI=1S/C15H25N3O/c1-4-5-8-14(16)15(19)18(12(2)3)11-13-7-6-9-17-10-13/h6-7,9-10,12,14H,4-5,8,11,16H2,1-3H3. The minimum Gasteiger partial charge on any atom is -0.335 e. The zero-order valence-electron chi connectivity index (χ0n) is 12.2. The number of pyridine rings is 1. The first-order valence-corrected chi connectivity index (χ1v) is 7.01. The lowest BCUT2D eigenvalue weighted by atomic mass is 10.1. The van der Waals surface area contributed by atoms with Gasteiger partial charge in [0.05, 0.1) is 6.04 Å². The molecule has 1 heterocycles. The van der Waals surface area contributed by atoms with Gasteiger partial charge in [0.1, 0.15) is 0 Å². The third-order valence-corrected chi connectivity index (χ3v) is 3.17. The molecule has 1 unspecified atom stereocenters. The largest absolute Gasteiger partial charge is 0.335 e. The lowest BCUT2D eigenvalue weighted by molar-refractivity contribution is -0.135. The van der Waals surface area contributed by atoms with E-state index in [4.69, 9.17) is 5.73 Å². The van der Waals surface area contributed by atoms with Crippen LogP contribution in [0.1, 0.15) is 45.6 Å². The van der Waals surface area contributed by atoms with E-state index in [1.54, 1.807) is 12.4 Å². The van der Waals surface area contributed by atoms with Crippen molar-refractivity contribution in [3.05, 3.63) is 30.1 Å². The number of nitrogens with two attached hydrogens (primary N) is 1. The molecule has 106 valence electrons. The molecule has 1 amide bonds. The average molecular weight is 263 g/mol. The first kappa shape index (κ1) is 15.6. The Labute approximate surface area is 116 Å². The molecule has 1 rings (SSSR count). The molecule has 4 heteroatoms. The van der Waals surface area contributed by atoms with E-state index in [0.29, 0.717) is 6.54 Å². The van der Waals surface area contributed by atoms with Crippen molar-refractivity contribution < 1.29 is 4.79 Å². The van der Waals surface area contributed by atoms with E-state index in [9.17, 15) is 4.79 Å². The zero-order chi connectivity index (χ0) is 14.3. The molecule has 0 saturated heterocycles. The fourth-order valence-electron chi connectivity index (χ4n) is 1.96. The highest BCUT2D eigenvalue weighted by Gasteiger charge is 2.22. The summed E-state index contributed by atoms with van der Waals surface area (Å²) in [6.07, 6.45) is 6.33. The summed E-state index contributed by atoms with van der Waals surface area (Å²) in [4.78, 5) is 18.3. The Bertz CT molecular complexity index is 378. The molecule has 1 aromatic heterocycles. The number of carbonyl (C=O) groups excluding carboxylic acids is 1. The normalized spacial score (nSPS) is 12.5. The van der Waals surface area contributed by atoms with Crippen molar-refractivity contribution in [1.29, 1.82) is 0 Å². The SMILES string of the molecule is CCCCC(N)C(=O)N(Cc1cccnc1)C(C)C. The first-order chi connectivity index (χ1) is 9.06. The van der Waals surface area contributed by atoms with E-state index >= 15 is 0 Å². The Morgan fingerprint density at radius 1 is 1.47 bits per heavy atom. The summed E-state index contributed by atoms with van der Waals surface area (Å²) in [5.74, 6) is 0.0345. The summed E-state index contributed by atoms with van der Waals surface area (Å²) in [7, 11) is 0. The number of unbranched alkanes of at least 4 members (excludes halogenated alkanes) is 1. The summed E-state index contributed by atoms with van der Waals surface area (Å²) in [6.45, 7) is 6.71. The molecule has 0 aliphatic heterocycles. The van der Waals surface area contributed by atoms with Crippen LogP contribution in [0.4, 0.5) is 0 Å². The van der Waals surface area contributed by atoms with Crippen molar-refractivity contribution in [1.82, 2.24) is 9.88 Å². The highest BCUT2D eigenvalue weighted by atomic mass is 16.2. The van der Waals surface area contributed by atoms with Gasteiger partial charge in [0, 0.05) is 25.0 Å². The molecule has 19 heavy (non-hydrogen) atoms. The third-order valence-electron chi connectivity index (χ3n) is 3.17. The van der Waals surface area contributed by atoms with Gasteiger partial charge in [-0.3, -0.25) is 9.78 Å². The minimum atomic E-state index is -0.390. The first-order valence-electron chi connectivity index (χ1n) is 7.01. The molecule has 4 nitrogen and oxygen atoms in total. The highest BCUT2D eigenvalue weighted by Crippen LogP contribution is 2.11. The molecule has 0 aromatic carbocycles. The second-order valence-corrected chi connectivity index (χ2v) is 5.17. The van der Waals surface area contributed by atoms with Gasteiger partial charge < -0.3 is 10.6 Å². The Hall–Kier alpha value is -1.42. The number of carbonyl (C=O) groups is 1. The van der Waals surface area contributed by atoms with Gasteiger partial charge >= 0.3 is 0 Å². The second kappa shape index (κ2) is 7.89. The van der Waals surface area contributed by atoms with Gasteiger partial charge in [-0.1, -0.05) is 25.8 Å². The molecule has 0 bridgehead atoms. The summed E-state index contributed by atoms with van der Waals surface area (Å²) in [5, 5.41) is 0. The van der Waals surface area contributed by atoms with Gasteiger partial charge in [-0.25, -0.2) is 0 Å². The maximum Gasteiger partial charge on any atom is 0.240 e. The van der Waals surface area contributed by atoms with Gasteiger partial charge in [0.25, 0.3) is 0 Å². The number of amides is 1. The van der Waals surface area contributed by atoms with Crippen LogP contribution in [0.5, 0.6) is 0 Å². The van der Waals surface area contributed by atoms with Crippen LogP contribution in [0.2, 0.25) is 0 Å². The fraction of sp³-hybridized carbons (Fsp3) is 0.600. The fourth-order valence-corrected chi connectivity index (χ4v) is 1.96. The summed E-state index contributed by atoms with van der Waals surface area (Å²) < 4.78 is 0. The van der Waals surface area contributed by atoms with Crippen molar-refractivity contribution >= 4 is 5.91 Å². The molecule has 0 saturated carbocycles. The van der Waals surface area contributed by atoms with Gasteiger partial charge in [0.15, 0.2) is 0 Å². The highest BCUT2D eigenvalue weighted by molar-refractivity contribution is 5.81. The molecule has 0 fully saturated rings. The van der Waals surface area contributed by atoms with Crippen LogP contribution >= 0.6 is 0 Å². The molecular formula is C15H25N3O. The summed E-state index contributed by atoms with van der Waals surface area (Å²) >= 11 is 0. The number of hydrogen-bond acceptors (Lipinski definition) is 3. The van der Waals surface area contributed by atoms with Gasteiger partial charge in [-0.15, -0.1) is 0 Å². The quantitative estimate of drug-likeness (QED) is 0.821. The van der Waals surface area contributed by atoms with Gasteiger partial charge in [-0.2, -0.15) is 0 Å². The van der Waals surface area contributed by atoms with Crippen LogP contribution in [0.15, 0.2) is 24.5 Å². The van der Waals surface area contributed by atoms with E-state index in [2.05, 4.69) is 11.9 Å². The second-order valence-electron chi connectivity index (χ2n) is 5.17. The van der Waals surface area contributed by atoms with E-state index in [-0.39, 0.29) is 18.0 Å². The number of aromatic nitrogens is 1. The molecular weight excluding hydrogens is 238 g/mol. The van der Waals surface area contributed by atoms with E-state index < -0.39 is 0 Å². The summed E-state index contributed by atoms with van der Waals surface area (Å²) in [5.41, 5.74) is 7.02. The van der Waals surface area contributed by atoms with Crippen LogP contribution in [-0.2, 0) is 11.3 Å². The molecule has 1 aromatic rings. The molecule has 0 radical (unpaired) electrons. The molecule has 1 atom stereocenters. The molecule has 2 N–H and O–H groups in total. The third kappa shape index (κ3) is 4.99. The Balaban J connectivity index is 2.69. The Morgan fingerprint density at radius 2 is 2.21 bits per heavy atom. The summed E-state index contributed by atoms with van der Waals surface area (Å²) in [6, 6.07) is 3.61. The number of rotatable bonds is 7. The van der Waals surface area contributed by atoms with Crippen molar-refractivity contribution in [3.8, 4) is 0 Å². The zero-order valence-corrected chi connectivity index (χ0v) is 12.2. The average Bonchev–Trinajstić information content (AvgIpc) is 2.42. The van der Waals surface area contributed by atoms with Crippen molar-refractivity contribution in [2.45, 2.75) is 58.7 Å². The van der Waals surface area contributed by atoms with Crippen molar-refractivity contribution in [3.63, 3.8) is 0 Å². The number of hydrogen-bond donors (Lipinski definition) is 1.